The van der Waals surface area contributed by atoms with Crippen LogP contribution in [0.4, 0.5) is 0 Å². The first-order valence-electron chi connectivity index (χ1n) is 11.0. The highest BCUT2D eigenvalue weighted by Gasteiger charge is 2.35. The van der Waals surface area contributed by atoms with Crippen LogP contribution in [0.15, 0.2) is 47.6 Å². The number of fused-ring (bicyclic) bond motifs is 3. The number of hydrogen-bond acceptors (Lipinski definition) is 4. The fraction of sp³-hybridized carbons (Fsp3) is 0.360. The molecule has 0 bridgehead atoms. The lowest BCUT2D eigenvalue weighted by Gasteiger charge is -2.39. The van der Waals surface area contributed by atoms with E-state index >= 15 is 0 Å². The Morgan fingerprint density at radius 3 is 2.87 bits per heavy atom. The molecule has 0 unspecified atom stereocenters. The van der Waals surface area contributed by atoms with Crippen molar-refractivity contribution < 1.29 is 9.53 Å². The summed E-state index contributed by atoms with van der Waals surface area (Å²) in [6.45, 7) is 4.33. The van der Waals surface area contributed by atoms with E-state index in [-0.39, 0.29) is 5.91 Å². The molecule has 6 heteroatoms. The molecule has 5 rings (SSSR count). The zero-order valence-electron chi connectivity index (χ0n) is 18.1. The first kappa shape index (κ1) is 19.8. The summed E-state index contributed by atoms with van der Waals surface area (Å²) in [7, 11) is 1.64. The summed E-state index contributed by atoms with van der Waals surface area (Å²) < 4.78 is 7.65. The Hall–Kier alpha value is -3.12. The minimum Gasteiger partial charge on any atom is -0.497 e. The van der Waals surface area contributed by atoms with Gasteiger partial charge in [-0.1, -0.05) is 11.6 Å². The van der Waals surface area contributed by atoms with E-state index in [1.807, 2.05) is 24.3 Å². The molecule has 0 saturated carbocycles. The van der Waals surface area contributed by atoms with Gasteiger partial charge in [0.2, 0.25) is 0 Å². The van der Waals surface area contributed by atoms with E-state index in [0.29, 0.717) is 12.6 Å². The number of ether oxygens (including phenoxy) is 1. The standard InChI is InChI=1S/C25H28N4O2/c1-17-6-11-22-21(14-17)20-4-3-5-23-25(20)29(22)13-12-28(23)16-24(30)27-26-15-18-7-9-19(31-2)10-8-18/h6-11,14-15,23H,3-5,12-13,16H2,1-2H3,(H,27,30)/b26-15-/t23-/m0/s1. The first-order chi connectivity index (χ1) is 15.1. The summed E-state index contributed by atoms with van der Waals surface area (Å²) in [6.07, 6.45) is 5.06. The summed E-state index contributed by atoms with van der Waals surface area (Å²) in [5.74, 6) is 0.725. The Morgan fingerprint density at radius 1 is 1.23 bits per heavy atom. The van der Waals surface area contributed by atoms with Crippen LogP contribution in [0.2, 0.25) is 0 Å². The molecule has 2 aromatic carbocycles. The number of methoxy groups -OCH3 is 1. The lowest BCUT2D eigenvalue weighted by atomic mass is 9.89. The SMILES string of the molecule is COc1ccc(/C=N\NC(=O)CN2CCn3c4c(c5cc(C)ccc53)CCC[C@@H]42)cc1. The molecule has 0 fully saturated rings. The average molecular weight is 417 g/mol. The predicted molar refractivity (Wildman–Crippen MR) is 123 cm³/mol. The van der Waals surface area contributed by atoms with Crippen LogP contribution < -0.4 is 10.2 Å². The van der Waals surface area contributed by atoms with Crippen LogP contribution in [0.25, 0.3) is 10.9 Å². The summed E-state index contributed by atoms with van der Waals surface area (Å²) >= 11 is 0. The normalized spacial score (nSPS) is 18.3. The van der Waals surface area contributed by atoms with Crippen molar-refractivity contribution in [3.8, 4) is 5.75 Å². The molecule has 3 aromatic rings. The number of hydrazone groups is 1. The molecule has 0 saturated heterocycles. The molecule has 2 heterocycles. The zero-order chi connectivity index (χ0) is 21.4. The van der Waals surface area contributed by atoms with E-state index in [9.17, 15) is 4.79 Å². The molecule has 2 aliphatic rings. The topological polar surface area (TPSA) is 58.9 Å². The highest BCUT2D eigenvalue weighted by Crippen LogP contribution is 2.42. The highest BCUT2D eigenvalue weighted by atomic mass is 16.5. The van der Waals surface area contributed by atoms with Crippen molar-refractivity contribution in [2.24, 2.45) is 5.10 Å². The number of aryl methyl sites for hydroxylation is 2. The van der Waals surface area contributed by atoms with E-state index in [1.54, 1.807) is 13.3 Å². The van der Waals surface area contributed by atoms with Gasteiger partial charge in [-0.25, -0.2) is 5.43 Å². The Labute approximate surface area is 182 Å². The van der Waals surface area contributed by atoms with Crippen LogP contribution in [0.1, 0.15) is 41.3 Å². The van der Waals surface area contributed by atoms with Crippen LogP contribution in [0.3, 0.4) is 0 Å². The van der Waals surface area contributed by atoms with Crippen LogP contribution in [0, 0.1) is 6.92 Å². The van der Waals surface area contributed by atoms with Crippen LogP contribution in [0.5, 0.6) is 5.75 Å². The Morgan fingerprint density at radius 2 is 2.06 bits per heavy atom. The largest absolute Gasteiger partial charge is 0.497 e. The maximum atomic E-state index is 12.6. The third-order valence-electron chi connectivity index (χ3n) is 6.50. The van der Waals surface area contributed by atoms with Crippen molar-refractivity contribution in [3.63, 3.8) is 0 Å². The van der Waals surface area contributed by atoms with Gasteiger partial charge in [0, 0.05) is 29.7 Å². The molecule has 1 aliphatic heterocycles. The molecule has 1 atom stereocenters. The Kier molecular flexibility index (Phi) is 5.24. The minimum absolute atomic E-state index is 0.0720. The average Bonchev–Trinajstić information content (AvgIpc) is 3.10. The number of benzene rings is 2. The summed E-state index contributed by atoms with van der Waals surface area (Å²) in [4.78, 5) is 14.9. The summed E-state index contributed by atoms with van der Waals surface area (Å²) in [6, 6.07) is 14.6. The summed E-state index contributed by atoms with van der Waals surface area (Å²) in [5.41, 5.74) is 9.16. The monoisotopic (exact) mass is 416 g/mol. The van der Waals surface area contributed by atoms with E-state index in [0.717, 1.165) is 37.2 Å². The van der Waals surface area contributed by atoms with Crippen molar-refractivity contribution >= 4 is 23.0 Å². The van der Waals surface area contributed by atoms with Gasteiger partial charge in [-0.2, -0.15) is 5.10 Å². The third-order valence-corrected chi connectivity index (χ3v) is 6.50. The van der Waals surface area contributed by atoms with Crippen LogP contribution in [-0.4, -0.2) is 41.8 Å². The van der Waals surface area contributed by atoms with Gasteiger partial charge in [-0.3, -0.25) is 9.69 Å². The Bertz CT molecular complexity index is 1150. The number of nitrogens with one attached hydrogen (secondary N) is 1. The van der Waals surface area contributed by atoms with Gasteiger partial charge in [0.15, 0.2) is 0 Å². The van der Waals surface area contributed by atoms with Crippen LogP contribution >= 0.6 is 0 Å². The molecule has 0 radical (unpaired) electrons. The number of carbonyl (C=O) groups is 1. The molecule has 1 aromatic heterocycles. The number of amides is 1. The fourth-order valence-corrected chi connectivity index (χ4v) is 5.07. The maximum Gasteiger partial charge on any atom is 0.254 e. The van der Waals surface area contributed by atoms with Crippen molar-refractivity contribution in [1.82, 2.24) is 14.9 Å². The van der Waals surface area contributed by atoms with E-state index < -0.39 is 0 Å². The van der Waals surface area contributed by atoms with Crippen LogP contribution in [-0.2, 0) is 17.8 Å². The van der Waals surface area contributed by atoms with Crippen molar-refractivity contribution in [1.29, 1.82) is 0 Å². The van der Waals surface area contributed by atoms with Crippen molar-refractivity contribution in [3.05, 3.63) is 64.8 Å². The second-order valence-electron chi connectivity index (χ2n) is 8.48. The zero-order valence-corrected chi connectivity index (χ0v) is 18.1. The van der Waals surface area contributed by atoms with E-state index in [2.05, 4.69) is 45.1 Å². The summed E-state index contributed by atoms with van der Waals surface area (Å²) in [5, 5.41) is 5.53. The Balaban J connectivity index is 1.29. The molecule has 160 valence electrons. The van der Waals surface area contributed by atoms with Gasteiger partial charge in [0.25, 0.3) is 5.91 Å². The number of rotatable bonds is 5. The van der Waals surface area contributed by atoms with E-state index in [1.165, 1.54) is 34.1 Å². The van der Waals surface area contributed by atoms with E-state index in [4.69, 9.17) is 4.74 Å². The molecular weight excluding hydrogens is 388 g/mol. The number of carbonyl (C=O) groups excluding carboxylic acids is 1. The maximum absolute atomic E-state index is 12.6. The van der Waals surface area contributed by atoms with Crippen molar-refractivity contribution in [2.45, 2.75) is 38.8 Å². The van der Waals surface area contributed by atoms with Gasteiger partial charge in [-0.05, 0) is 73.7 Å². The smallest absolute Gasteiger partial charge is 0.254 e. The molecule has 31 heavy (non-hydrogen) atoms. The number of aromatic nitrogens is 1. The second kappa shape index (κ2) is 8.19. The highest BCUT2D eigenvalue weighted by molar-refractivity contribution is 5.87. The molecule has 6 nitrogen and oxygen atoms in total. The molecule has 0 spiro atoms. The van der Waals surface area contributed by atoms with Gasteiger partial charge in [0.1, 0.15) is 5.75 Å². The van der Waals surface area contributed by atoms with Gasteiger partial charge >= 0.3 is 0 Å². The van der Waals surface area contributed by atoms with Gasteiger partial charge < -0.3 is 9.30 Å². The van der Waals surface area contributed by atoms with Gasteiger partial charge in [0.05, 0.1) is 25.9 Å². The molecule has 1 N–H and O–H groups in total. The second-order valence-corrected chi connectivity index (χ2v) is 8.48. The van der Waals surface area contributed by atoms with Crippen molar-refractivity contribution in [2.75, 3.05) is 20.2 Å². The van der Waals surface area contributed by atoms with Gasteiger partial charge in [-0.15, -0.1) is 0 Å². The number of nitrogens with zero attached hydrogens (tertiary/aromatic N) is 3. The number of hydrogen-bond donors (Lipinski definition) is 1. The first-order valence-corrected chi connectivity index (χ1v) is 11.0. The lowest BCUT2D eigenvalue weighted by Crippen LogP contribution is -2.44. The third kappa shape index (κ3) is 3.72. The molecule has 1 aliphatic carbocycles. The quantitative estimate of drug-likeness (QED) is 0.508. The fourth-order valence-electron chi connectivity index (χ4n) is 5.07. The lowest BCUT2D eigenvalue weighted by molar-refractivity contribution is -0.123. The predicted octanol–water partition coefficient (Wildman–Crippen LogP) is 3.80. The molecular formula is C25H28N4O2. The molecule has 1 amide bonds. The minimum atomic E-state index is -0.0720.